The highest BCUT2D eigenvalue weighted by Crippen LogP contribution is 2.22. The van der Waals surface area contributed by atoms with E-state index in [0.717, 1.165) is 0 Å². The zero-order valence-corrected chi connectivity index (χ0v) is 14.2. The number of aromatic hydroxyl groups is 1. The van der Waals surface area contributed by atoms with E-state index in [1.165, 1.54) is 42.5 Å². The molecule has 0 saturated carbocycles. The average Bonchev–Trinajstić information content (AvgIpc) is 3.08. The molecule has 0 amide bonds. The Kier molecular flexibility index (Phi) is 5.39. The molecule has 0 bridgehead atoms. The van der Waals surface area contributed by atoms with E-state index in [0.29, 0.717) is 22.8 Å². The van der Waals surface area contributed by atoms with Gasteiger partial charge in [0.1, 0.15) is 35.4 Å². The predicted octanol–water partition coefficient (Wildman–Crippen LogP) is 5.25. The van der Waals surface area contributed by atoms with E-state index >= 15 is 0 Å². The van der Waals surface area contributed by atoms with Crippen molar-refractivity contribution >= 4 is 23.5 Å². The molecule has 0 atom stereocenters. The molecule has 0 fully saturated rings. The molecule has 2 aromatic carbocycles. The Hall–Kier alpha value is -3.05. The topological polar surface area (TPSA) is 59.7 Å². The minimum absolute atomic E-state index is 0.0176. The maximum atomic E-state index is 13.1. The van der Waals surface area contributed by atoms with Crippen molar-refractivity contribution in [1.82, 2.24) is 0 Å². The summed E-state index contributed by atoms with van der Waals surface area (Å²) in [6.07, 6.45) is 2.89. The molecule has 0 unspecified atom stereocenters. The van der Waals surface area contributed by atoms with Crippen LogP contribution < -0.4 is 4.74 Å². The van der Waals surface area contributed by atoms with Gasteiger partial charge in [0.2, 0.25) is 0 Å². The molecule has 0 saturated heterocycles. The number of ketones is 1. The summed E-state index contributed by atoms with van der Waals surface area (Å²) >= 11 is 5.70. The third-order valence-corrected chi connectivity index (χ3v) is 3.77. The lowest BCUT2D eigenvalue weighted by atomic mass is 10.1. The lowest BCUT2D eigenvalue weighted by Crippen LogP contribution is -1.94. The highest BCUT2D eigenvalue weighted by atomic mass is 35.5. The summed E-state index contributed by atoms with van der Waals surface area (Å²) in [5.74, 6) is 0.701. The SMILES string of the molecule is O=C(/C=C/c1ccc(COc2ccc(F)c(Cl)c2)o1)c1cccc(O)c1. The van der Waals surface area contributed by atoms with Gasteiger partial charge >= 0.3 is 0 Å². The Balaban J connectivity index is 1.60. The van der Waals surface area contributed by atoms with Crippen LogP contribution in [0, 0.1) is 5.82 Å². The van der Waals surface area contributed by atoms with Crippen molar-refractivity contribution in [2.75, 3.05) is 0 Å². The number of rotatable bonds is 6. The number of ether oxygens (including phenoxy) is 1. The molecule has 3 rings (SSSR count). The molecule has 0 aliphatic rings. The molecular formula is C20H14ClFO4. The second-order valence-corrected chi connectivity index (χ2v) is 5.82. The molecular weight excluding hydrogens is 359 g/mol. The minimum Gasteiger partial charge on any atom is -0.508 e. The van der Waals surface area contributed by atoms with Crippen LogP contribution in [0.1, 0.15) is 21.9 Å². The summed E-state index contributed by atoms with van der Waals surface area (Å²) in [5, 5.41) is 9.38. The fourth-order valence-electron chi connectivity index (χ4n) is 2.20. The number of carbonyl (C=O) groups is 1. The zero-order chi connectivity index (χ0) is 18.5. The first-order chi connectivity index (χ1) is 12.5. The number of furan rings is 1. The predicted molar refractivity (Wildman–Crippen MR) is 95.9 cm³/mol. The van der Waals surface area contributed by atoms with Gasteiger partial charge in [-0.2, -0.15) is 0 Å². The van der Waals surface area contributed by atoms with E-state index in [4.69, 9.17) is 20.8 Å². The van der Waals surface area contributed by atoms with Crippen molar-refractivity contribution in [3.63, 3.8) is 0 Å². The molecule has 6 heteroatoms. The van der Waals surface area contributed by atoms with Crippen molar-refractivity contribution in [3.8, 4) is 11.5 Å². The van der Waals surface area contributed by atoms with Crippen LogP contribution in [0.2, 0.25) is 5.02 Å². The Morgan fingerprint density at radius 3 is 2.81 bits per heavy atom. The first-order valence-corrected chi connectivity index (χ1v) is 8.07. The van der Waals surface area contributed by atoms with Gasteiger partial charge < -0.3 is 14.3 Å². The minimum atomic E-state index is -0.513. The lowest BCUT2D eigenvalue weighted by molar-refractivity contribution is 0.104. The monoisotopic (exact) mass is 372 g/mol. The Morgan fingerprint density at radius 2 is 2.04 bits per heavy atom. The lowest BCUT2D eigenvalue weighted by Gasteiger charge is -2.04. The quantitative estimate of drug-likeness (QED) is 0.474. The number of carbonyl (C=O) groups excluding carboxylic acids is 1. The third-order valence-electron chi connectivity index (χ3n) is 3.48. The first kappa shape index (κ1) is 17.8. The number of phenolic OH excluding ortho intramolecular Hbond substituents is 1. The van der Waals surface area contributed by atoms with Gasteiger partial charge in [-0.1, -0.05) is 23.7 Å². The van der Waals surface area contributed by atoms with Crippen LogP contribution >= 0.6 is 11.6 Å². The van der Waals surface area contributed by atoms with E-state index < -0.39 is 5.82 Å². The van der Waals surface area contributed by atoms with Gasteiger partial charge in [-0.25, -0.2) is 4.39 Å². The van der Waals surface area contributed by atoms with Crippen molar-refractivity contribution in [3.05, 3.63) is 88.6 Å². The van der Waals surface area contributed by atoms with Gasteiger partial charge in [0, 0.05) is 11.6 Å². The van der Waals surface area contributed by atoms with Crippen LogP contribution in [-0.2, 0) is 6.61 Å². The Labute approximate surface area is 154 Å². The number of phenols is 1. The standard InChI is InChI=1S/C20H14ClFO4/c21-18-11-16(6-8-19(18)22)25-12-17-5-4-15(26-17)7-9-20(24)13-2-1-3-14(23)10-13/h1-11,23H,12H2/b9-7+. The van der Waals surface area contributed by atoms with E-state index in [-0.39, 0.29) is 23.2 Å². The summed E-state index contributed by atoms with van der Waals surface area (Å²) in [6.45, 7) is 0.135. The van der Waals surface area contributed by atoms with Crippen molar-refractivity contribution in [2.24, 2.45) is 0 Å². The maximum Gasteiger partial charge on any atom is 0.186 e. The van der Waals surface area contributed by atoms with Crippen molar-refractivity contribution in [2.45, 2.75) is 6.61 Å². The highest BCUT2D eigenvalue weighted by Gasteiger charge is 2.06. The van der Waals surface area contributed by atoms with Crippen LogP contribution in [0.3, 0.4) is 0 Å². The Bertz CT molecular complexity index is 962. The molecule has 0 aliphatic heterocycles. The van der Waals surface area contributed by atoms with E-state index in [1.54, 1.807) is 24.3 Å². The van der Waals surface area contributed by atoms with Crippen LogP contribution in [0.5, 0.6) is 11.5 Å². The van der Waals surface area contributed by atoms with Crippen LogP contribution in [-0.4, -0.2) is 10.9 Å². The summed E-state index contributed by atoms with van der Waals surface area (Å²) in [6, 6.07) is 13.6. The number of halogens is 2. The molecule has 1 aromatic heterocycles. The van der Waals surface area contributed by atoms with Gasteiger partial charge in [-0.3, -0.25) is 4.79 Å². The molecule has 1 N–H and O–H groups in total. The highest BCUT2D eigenvalue weighted by molar-refractivity contribution is 6.30. The van der Waals surface area contributed by atoms with Crippen LogP contribution in [0.4, 0.5) is 4.39 Å². The van der Waals surface area contributed by atoms with E-state index in [2.05, 4.69) is 0 Å². The molecule has 132 valence electrons. The molecule has 0 spiro atoms. The Morgan fingerprint density at radius 1 is 1.19 bits per heavy atom. The fourth-order valence-corrected chi connectivity index (χ4v) is 2.37. The number of benzene rings is 2. The van der Waals surface area contributed by atoms with Crippen LogP contribution in [0.15, 0.2) is 65.1 Å². The van der Waals surface area contributed by atoms with Crippen molar-refractivity contribution in [1.29, 1.82) is 0 Å². The van der Waals surface area contributed by atoms with Gasteiger partial charge in [0.15, 0.2) is 5.78 Å². The smallest absolute Gasteiger partial charge is 0.186 e. The normalized spacial score (nSPS) is 11.0. The zero-order valence-electron chi connectivity index (χ0n) is 13.5. The second-order valence-electron chi connectivity index (χ2n) is 5.42. The second kappa shape index (κ2) is 7.89. The van der Waals surface area contributed by atoms with Gasteiger partial charge in [0.25, 0.3) is 0 Å². The van der Waals surface area contributed by atoms with E-state index in [9.17, 15) is 14.3 Å². The van der Waals surface area contributed by atoms with Gasteiger partial charge in [-0.15, -0.1) is 0 Å². The molecule has 26 heavy (non-hydrogen) atoms. The van der Waals surface area contributed by atoms with Gasteiger partial charge in [-0.05, 0) is 48.6 Å². The number of allylic oxidation sites excluding steroid dienone is 1. The van der Waals surface area contributed by atoms with Crippen LogP contribution in [0.25, 0.3) is 6.08 Å². The fraction of sp³-hybridized carbons (Fsp3) is 0.0500. The number of hydrogen-bond acceptors (Lipinski definition) is 4. The van der Waals surface area contributed by atoms with Crippen molar-refractivity contribution < 1.29 is 23.4 Å². The van der Waals surface area contributed by atoms with E-state index in [1.807, 2.05) is 0 Å². The number of hydrogen-bond donors (Lipinski definition) is 1. The molecule has 0 aliphatic carbocycles. The molecule has 0 radical (unpaired) electrons. The molecule has 1 heterocycles. The summed E-state index contributed by atoms with van der Waals surface area (Å²) in [4.78, 5) is 12.0. The maximum absolute atomic E-state index is 13.1. The summed E-state index contributed by atoms with van der Waals surface area (Å²) in [7, 11) is 0. The first-order valence-electron chi connectivity index (χ1n) is 7.69. The third kappa shape index (κ3) is 4.52. The average molecular weight is 373 g/mol. The molecule has 4 nitrogen and oxygen atoms in total. The summed E-state index contributed by atoms with van der Waals surface area (Å²) in [5.41, 5.74) is 0.379. The van der Waals surface area contributed by atoms with Gasteiger partial charge in [0.05, 0.1) is 5.02 Å². The largest absolute Gasteiger partial charge is 0.508 e. The summed E-state index contributed by atoms with van der Waals surface area (Å²) < 4.78 is 24.1. The molecule has 3 aromatic rings.